The van der Waals surface area contributed by atoms with E-state index >= 15 is 0 Å². The molecule has 1 N–H and O–H groups in total. The zero-order valence-electron chi connectivity index (χ0n) is 30.4. The van der Waals surface area contributed by atoms with Crippen LogP contribution in [0.1, 0.15) is 92.7 Å². The van der Waals surface area contributed by atoms with Gasteiger partial charge in [-0.2, -0.15) is 0 Å². The number of ether oxygens (including phenoxy) is 7. The van der Waals surface area contributed by atoms with Crippen molar-refractivity contribution in [2.24, 2.45) is 39.9 Å². The SMILES string of the molecule is COC(=O)CC1C2(C)CC34OC5(C)OC67C(C(C(=O)C(C)C)C(=O)OC6C3(O)C2OC(C)=O)C(C)(C(OC(C)=O)c2ccoc2)CCC7(O5)C14C. The minimum Gasteiger partial charge on any atom is -0.472 e. The molecule has 8 rings (SSSR count). The van der Waals surface area contributed by atoms with E-state index in [-0.39, 0.29) is 25.7 Å². The Morgan fingerprint density at radius 2 is 1.69 bits per heavy atom. The first-order valence-corrected chi connectivity index (χ1v) is 17.7. The fraction of sp³-hybridized carbons (Fsp3) is 0.757. The summed E-state index contributed by atoms with van der Waals surface area (Å²) in [7, 11) is 1.29. The molecule has 4 aliphatic carbocycles. The number of aliphatic hydroxyl groups is 1. The highest BCUT2D eigenvalue weighted by molar-refractivity contribution is 6.01. The van der Waals surface area contributed by atoms with E-state index in [2.05, 4.69) is 0 Å². The van der Waals surface area contributed by atoms with Crippen LogP contribution >= 0.6 is 0 Å². The minimum atomic E-state index is -2.26. The van der Waals surface area contributed by atoms with Gasteiger partial charge in [-0.05, 0) is 31.2 Å². The molecule has 14 unspecified atom stereocenters. The summed E-state index contributed by atoms with van der Waals surface area (Å²) in [5, 5.41) is 13.7. The van der Waals surface area contributed by atoms with Gasteiger partial charge in [0.05, 0.1) is 19.6 Å². The van der Waals surface area contributed by atoms with E-state index in [1.54, 1.807) is 26.8 Å². The third kappa shape index (κ3) is 3.52. The highest BCUT2D eigenvalue weighted by atomic mass is 16.9. The van der Waals surface area contributed by atoms with Crippen LogP contribution in [-0.2, 0) is 57.1 Å². The molecule has 0 aromatic carbocycles. The molecule has 278 valence electrons. The molecule has 1 aromatic rings. The minimum absolute atomic E-state index is 0.0994. The van der Waals surface area contributed by atoms with E-state index in [1.165, 1.54) is 33.5 Å². The maximum atomic E-state index is 14.7. The Balaban J connectivity index is 1.48. The van der Waals surface area contributed by atoms with Crippen molar-refractivity contribution in [1.29, 1.82) is 0 Å². The summed E-state index contributed by atoms with van der Waals surface area (Å²) in [5.41, 5.74) is -10.4. The van der Waals surface area contributed by atoms with E-state index in [4.69, 9.17) is 37.6 Å². The molecule has 3 saturated heterocycles. The average Bonchev–Trinajstić information content (AvgIpc) is 3.73. The van der Waals surface area contributed by atoms with Gasteiger partial charge >= 0.3 is 23.9 Å². The normalized spacial score (nSPS) is 50.0. The lowest BCUT2D eigenvalue weighted by Gasteiger charge is -2.78. The number of furan rings is 1. The van der Waals surface area contributed by atoms with Gasteiger partial charge in [-0.3, -0.25) is 24.0 Å². The average molecular weight is 715 g/mol. The Labute approximate surface area is 295 Å². The molecule has 0 amide bonds. The fourth-order valence-corrected chi connectivity index (χ4v) is 13.2. The van der Waals surface area contributed by atoms with Crippen LogP contribution in [0.4, 0.5) is 0 Å². The highest BCUT2D eigenvalue weighted by Crippen LogP contribution is 2.90. The summed E-state index contributed by atoms with van der Waals surface area (Å²) in [4.78, 5) is 68.3. The smallest absolute Gasteiger partial charge is 0.317 e. The molecule has 4 heterocycles. The standard InChI is InChI=1S/C37H46O14/c1-17(2)24(41)23-25-30(5,26(46-18(3)38)20-10-13-45-15-20)11-12-34-32(7)21(14-22(40)44-9)31(6)16-35(32)36(43,28(31)47-19(4)39)29(48-27(23)42)37(25,34)51-33(8,49-34)50-35/h10,13,15,17,21,23,25-26,28-29,43H,11-12,14,16H2,1-9H3. The van der Waals surface area contributed by atoms with Crippen LogP contribution in [0.2, 0.25) is 0 Å². The predicted molar refractivity (Wildman–Crippen MR) is 169 cm³/mol. The van der Waals surface area contributed by atoms with Crippen molar-refractivity contribution in [3.63, 3.8) is 0 Å². The van der Waals surface area contributed by atoms with Crippen LogP contribution < -0.4 is 0 Å². The van der Waals surface area contributed by atoms with Crippen molar-refractivity contribution < 1.29 is 66.7 Å². The number of ketones is 1. The van der Waals surface area contributed by atoms with E-state index in [0.29, 0.717) is 5.56 Å². The molecule has 14 heteroatoms. The molecule has 0 radical (unpaired) electrons. The molecule has 7 aliphatic rings. The number of hydrogen-bond acceptors (Lipinski definition) is 14. The molecule has 14 atom stereocenters. The van der Waals surface area contributed by atoms with Crippen LogP contribution in [0.15, 0.2) is 23.0 Å². The van der Waals surface area contributed by atoms with Crippen molar-refractivity contribution >= 4 is 29.7 Å². The molecular weight excluding hydrogens is 668 g/mol. The summed E-state index contributed by atoms with van der Waals surface area (Å²) < 4.78 is 50.5. The van der Waals surface area contributed by atoms with Gasteiger partial charge in [0.2, 0.25) is 0 Å². The number of methoxy groups -OCH3 is 1. The topological polar surface area (TPSA) is 183 Å². The first-order valence-electron chi connectivity index (χ1n) is 17.7. The van der Waals surface area contributed by atoms with E-state index in [0.717, 1.165) is 0 Å². The van der Waals surface area contributed by atoms with E-state index in [1.807, 2.05) is 20.8 Å². The van der Waals surface area contributed by atoms with Gasteiger partial charge in [0.15, 0.2) is 11.7 Å². The van der Waals surface area contributed by atoms with Gasteiger partial charge in [0.1, 0.15) is 40.7 Å². The molecule has 4 saturated carbocycles. The van der Waals surface area contributed by atoms with Gasteiger partial charge in [0.25, 0.3) is 5.97 Å². The lowest BCUT2D eigenvalue weighted by atomic mass is 9.32. The van der Waals surface area contributed by atoms with Crippen molar-refractivity contribution in [3.05, 3.63) is 24.2 Å². The second-order valence-electron chi connectivity index (χ2n) is 17.0. The monoisotopic (exact) mass is 714 g/mol. The fourth-order valence-electron chi connectivity index (χ4n) is 13.2. The van der Waals surface area contributed by atoms with Crippen molar-refractivity contribution in [2.45, 2.75) is 128 Å². The van der Waals surface area contributed by atoms with E-state index < -0.39 is 116 Å². The maximum absolute atomic E-state index is 14.7. The molecule has 51 heavy (non-hydrogen) atoms. The summed E-state index contributed by atoms with van der Waals surface area (Å²) in [6.45, 7) is 13.0. The lowest BCUT2D eigenvalue weighted by molar-refractivity contribution is -0.479. The van der Waals surface area contributed by atoms with Crippen molar-refractivity contribution in [1.82, 2.24) is 0 Å². The van der Waals surface area contributed by atoms with Gasteiger partial charge in [-0.25, -0.2) is 0 Å². The number of carbonyl (C=O) groups excluding carboxylic acids is 5. The molecule has 1 aromatic heterocycles. The van der Waals surface area contributed by atoms with Gasteiger partial charge in [-0.1, -0.05) is 34.6 Å². The van der Waals surface area contributed by atoms with Crippen LogP contribution in [0, 0.1) is 39.9 Å². The van der Waals surface area contributed by atoms with Gasteiger partial charge in [-0.15, -0.1) is 0 Å². The largest absolute Gasteiger partial charge is 0.472 e. The number of fused-ring (bicyclic) bond motifs is 3. The number of esters is 4. The molecule has 4 bridgehead atoms. The predicted octanol–water partition coefficient (Wildman–Crippen LogP) is 3.32. The summed E-state index contributed by atoms with van der Waals surface area (Å²) in [6.07, 6.45) is -0.724. The highest BCUT2D eigenvalue weighted by Gasteiger charge is 3.04. The Hall–Kier alpha value is -3.33. The summed E-state index contributed by atoms with van der Waals surface area (Å²) in [5.74, 6) is -8.99. The number of rotatable bonds is 8. The third-order valence-corrected chi connectivity index (χ3v) is 14.4. The Kier molecular flexibility index (Phi) is 6.81. The maximum Gasteiger partial charge on any atom is 0.317 e. The second kappa shape index (κ2) is 10.00. The van der Waals surface area contributed by atoms with Crippen molar-refractivity contribution in [3.8, 4) is 0 Å². The number of hydrogen-bond donors (Lipinski definition) is 1. The zero-order valence-corrected chi connectivity index (χ0v) is 30.4. The molecule has 3 aliphatic heterocycles. The molecule has 14 nitrogen and oxygen atoms in total. The molecule has 3 spiro atoms. The Morgan fingerprint density at radius 1 is 1.00 bits per heavy atom. The zero-order chi connectivity index (χ0) is 37.1. The summed E-state index contributed by atoms with van der Waals surface area (Å²) >= 11 is 0. The van der Waals surface area contributed by atoms with Crippen LogP contribution in [-0.4, -0.2) is 82.5 Å². The van der Waals surface area contributed by atoms with E-state index in [9.17, 15) is 29.1 Å². The second-order valence-corrected chi connectivity index (χ2v) is 17.0. The first-order chi connectivity index (χ1) is 23.7. The quantitative estimate of drug-likeness (QED) is 0.235. The first kappa shape index (κ1) is 34.7. The lowest BCUT2D eigenvalue weighted by Crippen LogP contribution is -2.95. The van der Waals surface area contributed by atoms with Crippen LogP contribution in [0.25, 0.3) is 0 Å². The van der Waals surface area contributed by atoms with Crippen LogP contribution in [0.5, 0.6) is 0 Å². The van der Waals surface area contributed by atoms with Crippen LogP contribution in [0.3, 0.4) is 0 Å². The van der Waals surface area contributed by atoms with Gasteiger partial charge in [0, 0.05) is 60.8 Å². The Bertz CT molecular complexity index is 1760. The van der Waals surface area contributed by atoms with Gasteiger partial charge < -0.3 is 42.7 Å². The van der Waals surface area contributed by atoms with Crippen molar-refractivity contribution in [2.75, 3.05) is 7.11 Å². The number of Topliss-reactive ketones (excluding diaryl/α,β-unsaturated/α-hetero) is 1. The number of carbonyl (C=O) groups is 5. The summed E-state index contributed by atoms with van der Waals surface area (Å²) in [6, 6.07) is 1.66. The third-order valence-electron chi connectivity index (χ3n) is 14.4. The molecular formula is C37H46O14. The Morgan fingerprint density at radius 3 is 2.27 bits per heavy atom. The molecule has 7 fully saturated rings.